The molecule has 0 saturated carbocycles. The van der Waals surface area contributed by atoms with E-state index in [0.29, 0.717) is 49.8 Å². The van der Waals surface area contributed by atoms with Crippen LogP contribution in [-0.4, -0.2) is 52.8 Å². The van der Waals surface area contributed by atoms with Gasteiger partial charge < -0.3 is 15.0 Å². The molecule has 2 heterocycles. The van der Waals surface area contributed by atoms with Crippen LogP contribution in [-0.2, 0) is 11.3 Å². The van der Waals surface area contributed by atoms with Crippen molar-refractivity contribution in [2.45, 2.75) is 20.4 Å². The number of hydrogen-bond donors (Lipinski definition) is 1. The molecule has 1 aliphatic heterocycles. The van der Waals surface area contributed by atoms with E-state index in [1.165, 1.54) is 6.20 Å². The van der Waals surface area contributed by atoms with Gasteiger partial charge in [-0.05, 0) is 26.0 Å². The highest BCUT2D eigenvalue weighted by Gasteiger charge is 2.26. The number of carbonyl (C=O) groups is 2. The Morgan fingerprint density at radius 1 is 1.28 bits per heavy atom. The van der Waals surface area contributed by atoms with E-state index in [2.05, 4.69) is 10.4 Å². The first-order valence-corrected chi connectivity index (χ1v) is 8.41. The topological polar surface area (TPSA) is 76.5 Å². The van der Waals surface area contributed by atoms with Crippen LogP contribution in [0.25, 0.3) is 0 Å². The van der Waals surface area contributed by atoms with Gasteiger partial charge in [0.05, 0.1) is 25.1 Å². The average molecular weight is 342 g/mol. The second kappa shape index (κ2) is 7.48. The molecular formula is C18H22N4O3. The van der Waals surface area contributed by atoms with Gasteiger partial charge in [-0.3, -0.25) is 14.3 Å². The Hall–Kier alpha value is -2.67. The standard InChI is InChI=1S/C18H22N4O3/c1-3-22-16(18(24)21-7-9-25-10-8-21)15(12-19-22)20-17(23)14-6-4-5-13(2)11-14/h4-6,11-12H,3,7-10H2,1-2H3,(H,20,23). The van der Waals surface area contributed by atoms with Crippen molar-refractivity contribution < 1.29 is 14.3 Å². The Bertz CT molecular complexity index is 778. The fraction of sp³-hybridized carbons (Fsp3) is 0.389. The molecule has 1 aromatic carbocycles. The molecule has 1 fully saturated rings. The molecule has 0 unspecified atom stereocenters. The van der Waals surface area contributed by atoms with Crippen molar-refractivity contribution in [2.75, 3.05) is 31.6 Å². The molecule has 0 bridgehead atoms. The average Bonchev–Trinajstić information content (AvgIpc) is 3.04. The van der Waals surface area contributed by atoms with Crippen LogP contribution in [0.3, 0.4) is 0 Å². The Balaban J connectivity index is 1.85. The van der Waals surface area contributed by atoms with Crippen LogP contribution in [0.4, 0.5) is 5.69 Å². The second-order valence-electron chi connectivity index (χ2n) is 5.95. The molecular weight excluding hydrogens is 320 g/mol. The van der Waals surface area contributed by atoms with E-state index in [1.807, 2.05) is 32.0 Å². The van der Waals surface area contributed by atoms with E-state index in [9.17, 15) is 9.59 Å². The molecule has 132 valence electrons. The summed E-state index contributed by atoms with van der Waals surface area (Å²) in [5.74, 6) is -0.391. The van der Waals surface area contributed by atoms with Crippen LogP contribution in [0.5, 0.6) is 0 Å². The first kappa shape index (κ1) is 17.2. The van der Waals surface area contributed by atoms with E-state index in [-0.39, 0.29) is 11.8 Å². The molecule has 7 nitrogen and oxygen atoms in total. The van der Waals surface area contributed by atoms with Crippen molar-refractivity contribution in [3.63, 3.8) is 0 Å². The van der Waals surface area contributed by atoms with Crippen LogP contribution in [0.1, 0.15) is 33.3 Å². The minimum Gasteiger partial charge on any atom is -0.378 e. The molecule has 3 rings (SSSR count). The van der Waals surface area contributed by atoms with E-state index in [0.717, 1.165) is 5.56 Å². The zero-order valence-corrected chi connectivity index (χ0v) is 14.5. The highest BCUT2D eigenvalue weighted by molar-refractivity contribution is 6.08. The summed E-state index contributed by atoms with van der Waals surface area (Å²) in [6, 6.07) is 7.32. The van der Waals surface area contributed by atoms with Gasteiger partial charge in [0.25, 0.3) is 11.8 Å². The number of carbonyl (C=O) groups excluding carboxylic acids is 2. The van der Waals surface area contributed by atoms with Gasteiger partial charge in [-0.2, -0.15) is 5.10 Å². The number of ether oxygens (including phenoxy) is 1. The third-order valence-electron chi connectivity index (χ3n) is 4.17. The Kier molecular flexibility index (Phi) is 5.14. The van der Waals surface area contributed by atoms with Crippen molar-refractivity contribution in [2.24, 2.45) is 0 Å². The molecule has 2 aromatic rings. The van der Waals surface area contributed by atoms with Crippen molar-refractivity contribution in [1.82, 2.24) is 14.7 Å². The molecule has 0 atom stereocenters. The summed E-state index contributed by atoms with van der Waals surface area (Å²) in [5, 5.41) is 7.07. The lowest BCUT2D eigenvalue weighted by molar-refractivity contribution is 0.0295. The summed E-state index contributed by atoms with van der Waals surface area (Å²) < 4.78 is 6.92. The van der Waals surface area contributed by atoms with Crippen molar-refractivity contribution in [3.05, 3.63) is 47.3 Å². The Morgan fingerprint density at radius 3 is 2.72 bits per heavy atom. The van der Waals surface area contributed by atoms with E-state index in [4.69, 9.17) is 4.74 Å². The van der Waals surface area contributed by atoms with Gasteiger partial charge in [-0.25, -0.2) is 0 Å². The number of nitrogens with one attached hydrogen (secondary N) is 1. The maximum Gasteiger partial charge on any atom is 0.274 e. The fourth-order valence-electron chi connectivity index (χ4n) is 2.84. The molecule has 7 heteroatoms. The lowest BCUT2D eigenvalue weighted by Crippen LogP contribution is -2.41. The number of nitrogens with zero attached hydrogens (tertiary/aromatic N) is 3. The summed E-state index contributed by atoms with van der Waals surface area (Å²) in [6.45, 7) is 6.52. The summed E-state index contributed by atoms with van der Waals surface area (Å²) >= 11 is 0. The molecule has 0 aliphatic carbocycles. The smallest absolute Gasteiger partial charge is 0.274 e. The number of morpholine rings is 1. The predicted molar refractivity (Wildman–Crippen MR) is 93.8 cm³/mol. The number of anilines is 1. The summed E-state index contributed by atoms with van der Waals surface area (Å²) in [6.07, 6.45) is 1.53. The lowest BCUT2D eigenvalue weighted by Gasteiger charge is -2.27. The van der Waals surface area contributed by atoms with Gasteiger partial charge in [0.1, 0.15) is 5.69 Å². The fourth-order valence-corrected chi connectivity index (χ4v) is 2.84. The van der Waals surface area contributed by atoms with Crippen molar-refractivity contribution in [3.8, 4) is 0 Å². The molecule has 1 aliphatic rings. The molecule has 0 spiro atoms. The molecule has 1 saturated heterocycles. The normalized spacial score (nSPS) is 14.4. The van der Waals surface area contributed by atoms with E-state index in [1.54, 1.807) is 15.6 Å². The summed E-state index contributed by atoms with van der Waals surface area (Å²) in [7, 11) is 0. The minimum atomic E-state index is -0.254. The van der Waals surface area contributed by atoms with Gasteiger partial charge in [0.15, 0.2) is 0 Å². The van der Waals surface area contributed by atoms with Gasteiger partial charge in [-0.15, -0.1) is 0 Å². The van der Waals surface area contributed by atoms with Gasteiger partial charge >= 0.3 is 0 Å². The monoisotopic (exact) mass is 342 g/mol. The largest absolute Gasteiger partial charge is 0.378 e. The zero-order valence-electron chi connectivity index (χ0n) is 14.5. The number of aromatic nitrogens is 2. The number of amides is 2. The Morgan fingerprint density at radius 2 is 2.04 bits per heavy atom. The van der Waals surface area contributed by atoms with Crippen LogP contribution in [0.15, 0.2) is 30.5 Å². The van der Waals surface area contributed by atoms with Gasteiger partial charge in [0.2, 0.25) is 0 Å². The molecule has 1 aromatic heterocycles. The van der Waals surface area contributed by atoms with E-state index < -0.39 is 0 Å². The molecule has 25 heavy (non-hydrogen) atoms. The van der Waals surface area contributed by atoms with E-state index >= 15 is 0 Å². The van der Waals surface area contributed by atoms with Crippen molar-refractivity contribution in [1.29, 1.82) is 0 Å². The third kappa shape index (κ3) is 3.71. The summed E-state index contributed by atoms with van der Waals surface area (Å²) in [5.41, 5.74) is 2.39. The first-order chi connectivity index (χ1) is 12.1. The van der Waals surface area contributed by atoms with Crippen LogP contribution >= 0.6 is 0 Å². The highest BCUT2D eigenvalue weighted by atomic mass is 16.5. The first-order valence-electron chi connectivity index (χ1n) is 8.41. The second-order valence-corrected chi connectivity index (χ2v) is 5.95. The highest BCUT2D eigenvalue weighted by Crippen LogP contribution is 2.19. The quantitative estimate of drug-likeness (QED) is 0.921. The maximum absolute atomic E-state index is 12.9. The summed E-state index contributed by atoms with van der Waals surface area (Å²) in [4.78, 5) is 27.1. The zero-order chi connectivity index (χ0) is 17.8. The molecule has 1 N–H and O–H groups in total. The van der Waals surface area contributed by atoms with Crippen molar-refractivity contribution >= 4 is 17.5 Å². The number of benzene rings is 1. The maximum atomic E-state index is 12.9. The number of aryl methyl sites for hydroxylation is 2. The van der Waals surface area contributed by atoms with Gasteiger partial charge in [-0.1, -0.05) is 17.7 Å². The SMILES string of the molecule is CCn1ncc(NC(=O)c2cccc(C)c2)c1C(=O)N1CCOCC1. The number of hydrogen-bond acceptors (Lipinski definition) is 4. The Labute approximate surface area is 146 Å². The van der Waals surface area contributed by atoms with Crippen LogP contribution in [0, 0.1) is 6.92 Å². The molecule has 2 amide bonds. The van der Waals surface area contributed by atoms with Gasteiger partial charge in [0, 0.05) is 25.2 Å². The molecule has 0 radical (unpaired) electrons. The number of rotatable bonds is 4. The third-order valence-corrected chi connectivity index (χ3v) is 4.17. The van der Waals surface area contributed by atoms with Crippen LogP contribution < -0.4 is 5.32 Å². The minimum absolute atomic E-state index is 0.137. The lowest BCUT2D eigenvalue weighted by atomic mass is 10.1. The van der Waals surface area contributed by atoms with Crippen LogP contribution in [0.2, 0.25) is 0 Å². The predicted octanol–water partition coefficient (Wildman–Crippen LogP) is 1.94.